The van der Waals surface area contributed by atoms with Crippen molar-refractivity contribution >= 4 is 5.91 Å². The molecular formula is C16H31N3O. The first-order chi connectivity index (χ1) is 9.50. The van der Waals surface area contributed by atoms with Gasteiger partial charge in [-0.1, -0.05) is 20.3 Å². The number of hydrogen-bond donors (Lipinski definition) is 1. The van der Waals surface area contributed by atoms with Crippen LogP contribution >= 0.6 is 0 Å². The Morgan fingerprint density at radius 3 is 2.30 bits per heavy atom. The molecule has 0 aromatic carbocycles. The molecule has 2 fully saturated rings. The van der Waals surface area contributed by atoms with Crippen molar-refractivity contribution in [3.8, 4) is 0 Å². The van der Waals surface area contributed by atoms with E-state index < -0.39 is 0 Å². The molecule has 0 aliphatic carbocycles. The molecule has 2 heterocycles. The van der Waals surface area contributed by atoms with Gasteiger partial charge in [0.2, 0.25) is 5.91 Å². The second-order valence-electron chi connectivity index (χ2n) is 6.93. The van der Waals surface area contributed by atoms with Crippen molar-refractivity contribution in [3.05, 3.63) is 0 Å². The van der Waals surface area contributed by atoms with E-state index in [0.29, 0.717) is 17.9 Å². The van der Waals surface area contributed by atoms with Gasteiger partial charge in [-0.15, -0.1) is 0 Å². The van der Waals surface area contributed by atoms with E-state index in [4.69, 9.17) is 5.73 Å². The molecule has 0 spiro atoms. The maximum Gasteiger partial charge on any atom is 0.240 e. The minimum atomic E-state index is 0.0552. The van der Waals surface area contributed by atoms with Crippen LogP contribution in [-0.2, 0) is 4.79 Å². The van der Waals surface area contributed by atoms with E-state index in [1.54, 1.807) is 0 Å². The van der Waals surface area contributed by atoms with Crippen molar-refractivity contribution in [1.29, 1.82) is 0 Å². The summed E-state index contributed by atoms with van der Waals surface area (Å²) in [5.74, 6) is 0.708. The lowest BCUT2D eigenvalue weighted by molar-refractivity contribution is -0.141. The van der Waals surface area contributed by atoms with Crippen molar-refractivity contribution in [2.75, 3.05) is 19.6 Å². The van der Waals surface area contributed by atoms with Gasteiger partial charge < -0.3 is 10.6 Å². The van der Waals surface area contributed by atoms with E-state index in [1.807, 2.05) is 0 Å². The first kappa shape index (κ1) is 15.8. The van der Waals surface area contributed by atoms with E-state index in [9.17, 15) is 4.79 Å². The molecule has 2 atom stereocenters. The summed E-state index contributed by atoms with van der Waals surface area (Å²) in [5, 5.41) is 0. The zero-order valence-corrected chi connectivity index (χ0v) is 13.3. The lowest BCUT2D eigenvalue weighted by atomic mass is 9.93. The minimum Gasteiger partial charge on any atom is -0.341 e. The predicted octanol–water partition coefficient (Wildman–Crippen LogP) is 1.84. The standard InChI is InChI=1S/C16H31N3O/c1-12(2)15(19-9-5-4-6-13(19)3)16(20)18-10-7-14(17)8-11-18/h12-15H,4-11,17H2,1-3H3. The molecule has 2 rings (SSSR count). The fraction of sp³-hybridized carbons (Fsp3) is 0.938. The van der Waals surface area contributed by atoms with Crippen molar-refractivity contribution in [3.63, 3.8) is 0 Å². The average molecular weight is 281 g/mol. The molecular weight excluding hydrogens is 250 g/mol. The SMILES string of the molecule is CC(C)C(C(=O)N1CCC(N)CC1)N1CCCCC1C. The number of carbonyl (C=O) groups excluding carboxylic acids is 1. The summed E-state index contributed by atoms with van der Waals surface area (Å²) in [5.41, 5.74) is 5.95. The number of nitrogens with zero attached hydrogens (tertiary/aromatic N) is 2. The molecule has 2 N–H and O–H groups in total. The van der Waals surface area contributed by atoms with Gasteiger partial charge in [0.1, 0.15) is 0 Å². The summed E-state index contributed by atoms with van der Waals surface area (Å²) in [6.07, 6.45) is 5.65. The van der Waals surface area contributed by atoms with E-state index in [1.165, 1.54) is 19.3 Å². The smallest absolute Gasteiger partial charge is 0.240 e. The average Bonchev–Trinajstić information content (AvgIpc) is 2.41. The number of carbonyl (C=O) groups is 1. The van der Waals surface area contributed by atoms with E-state index in [0.717, 1.165) is 32.5 Å². The van der Waals surface area contributed by atoms with Crippen molar-refractivity contribution < 1.29 is 4.79 Å². The fourth-order valence-electron chi connectivity index (χ4n) is 3.65. The Morgan fingerprint density at radius 2 is 1.75 bits per heavy atom. The summed E-state index contributed by atoms with van der Waals surface area (Å²) in [7, 11) is 0. The zero-order chi connectivity index (χ0) is 14.7. The topological polar surface area (TPSA) is 49.6 Å². The van der Waals surface area contributed by atoms with Crippen molar-refractivity contribution in [1.82, 2.24) is 9.80 Å². The largest absolute Gasteiger partial charge is 0.341 e. The first-order valence-corrected chi connectivity index (χ1v) is 8.30. The monoisotopic (exact) mass is 281 g/mol. The molecule has 4 heteroatoms. The third-order valence-electron chi connectivity index (χ3n) is 4.95. The van der Waals surface area contributed by atoms with Crippen molar-refractivity contribution in [2.24, 2.45) is 11.7 Å². The molecule has 2 aliphatic heterocycles. The third-order valence-corrected chi connectivity index (χ3v) is 4.95. The Balaban J connectivity index is 2.05. The van der Waals surface area contributed by atoms with Gasteiger partial charge in [0.15, 0.2) is 0 Å². The Kier molecular flexibility index (Phi) is 5.44. The lowest BCUT2D eigenvalue weighted by Gasteiger charge is -2.43. The number of nitrogens with two attached hydrogens (primary N) is 1. The molecule has 2 unspecified atom stereocenters. The van der Waals surface area contributed by atoms with Crippen molar-refractivity contribution in [2.45, 2.75) is 71.0 Å². The van der Waals surface area contributed by atoms with E-state index in [2.05, 4.69) is 30.6 Å². The second-order valence-corrected chi connectivity index (χ2v) is 6.93. The van der Waals surface area contributed by atoms with Crippen LogP contribution in [-0.4, -0.2) is 53.5 Å². The van der Waals surface area contributed by atoms with Crippen LogP contribution in [0.2, 0.25) is 0 Å². The van der Waals surface area contributed by atoms with Crippen LogP contribution < -0.4 is 5.73 Å². The normalized spacial score (nSPS) is 27.9. The van der Waals surface area contributed by atoms with Crippen LogP contribution in [0, 0.1) is 5.92 Å². The maximum atomic E-state index is 12.9. The predicted molar refractivity (Wildman–Crippen MR) is 82.4 cm³/mol. The van der Waals surface area contributed by atoms with Gasteiger partial charge in [-0.05, 0) is 45.1 Å². The highest BCUT2D eigenvalue weighted by Crippen LogP contribution is 2.25. The van der Waals surface area contributed by atoms with Gasteiger partial charge in [0.25, 0.3) is 0 Å². The Labute approximate surface area is 123 Å². The molecule has 20 heavy (non-hydrogen) atoms. The molecule has 2 saturated heterocycles. The van der Waals surface area contributed by atoms with Gasteiger partial charge in [-0.25, -0.2) is 0 Å². The summed E-state index contributed by atoms with van der Waals surface area (Å²) < 4.78 is 0. The Hall–Kier alpha value is -0.610. The number of amides is 1. The first-order valence-electron chi connectivity index (χ1n) is 8.30. The summed E-state index contributed by atoms with van der Waals surface area (Å²) in [6, 6.07) is 0.872. The summed E-state index contributed by atoms with van der Waals surface area (Å²) >= 11 is 0. The Morgan fingerprint density at radius 1 is 1.10 bits per heavy atom. The maximum absolute atomic E-state index is 12.9. The molecule has 0 aromatic rings. The Bertz CT molecular complexity index is 324. The molecule has 0 bridgehead atoms. The van der Waals surface area contributed by atoms with Gasteiger partial charge >= 0.3 is 0 Å². The molecule has 116 valence electrons. The number of hydrogen-bond acceptors (Lipinski definition) is 3. The van der Waals surface area contributed by atoms with Crippen LogP contribution in [0.1, 0.15) is 52.9 Å². The van der Waals surface area contributed by atoms with Gasteiger partial charge in [0, 0.05) is 25.2 Å². The van der Waals surface area contributed by atoms with Crippen LogP contribution in [0.3, 0.4) is 0 Å². The fourth-order valence-corrected chi connectivity index (χ4v) is 3.65. The molecule has 4 nitrogen and oxygen atoms in total. The summed E-state index contributed by atoms with van der Waals surface area (Å²) in [6.45, 7) is 9.38. The van der Waals surface area contributed by atoms with Crippen LogP contribution in [0.5, 0.6) is 0 Å². The quantitative estimate of drug-likeness (QED) is 0.858. The van der Waals surface area contributed by atoms with E-state index >= 15 is 0 Å². The highest BCUT2D eigenvalue weighted by molar-refractivity contribution is 5.82. The van der Waals surface area contributed by atoms with Crippen LogP contribution in [0.15, 0.2) is 0 Å². The number of rotatable bonds is 3. The van der Waals surface area contributed by atoms with Crippen LogP contribution in [0.4, 0.5) is 0 Å². The zero-order valence-electron chi connectivity index (χ0n) is 13.3. The molecule has 1 amide bonds. The van der Waals surface area contributed by atoms with Gasteiger partial charge in [-0.2, -0.15) is 0 Å². The van der Waals surface area contributed by atoms with Crippen LogP contribution in [0.25, 0.3) is 0 Å². The molecule has 0 aromatic heterocycles. The number of likely N-dealkylation sites (tertiary alicyclic amines) is 2. The third kappa shape index (κ3) is 3.53. The molecule has 0 saturated carbocycles. The summed E-state index contributed by atoms with van der Waals surface area (Å²) in [4.78, 5) is 17.4. The van der Waals surface area contributed by atoms with Gasteiger partial charge in [-0.3, -0.25) is 9.69 Å². The second kappa shape index (κ2) is 6.90. The molecule has 0 radical (unpaired) electrons. The lowest BCUT2D eigenvalue weighted by Crippen LogP contribution is -2.57. The highest BCUT2D eigenvalue weighted by atomic mass is 16.2. The minimum absolute atomic E-state index is 0.0552. The highest BCUT2D eigenvalue weighted by Gasteiger charge is 2.36. The molecule has 2 aliphatic rings. The van der Waals surface area contributed by atoms with E-state index in [-0.39, 0.29) is 12.1 Å². The number of piperidine rings is 2. The van der Waals surface area contributed by atoms with Gasteiger partial charge in [0.05, 0.1) is 6.04 Å².